The largest absolute Gasteiger partial charge is 0.479 e. The first-order valence-electron chi connectivity index (χ1n) is 6.69. The van der Waals surface area contributed by atoms with E-state index in [0.717, 1.165) is 12.1 Å². The van der Waals surface area contributed by atoms with Crippen LogP contribution in [-0.4, -0.2) is 16.2 Å². The van der Waals surface area contributed by atoms with Crippen molar-refractivity contribution in [3.05, 3.63) is 70.8 Å². The van der Waals surface area contributed by atoms with E-state index in [1.807, 2.05) is 0 Å². The molecule has 1 unspecified atom stereocenters. The summed E-state index contributed by atoms with van der Waals surface area (Å²) in [5, 5.41) is 19.8. The molecule has 1 atom stereocenters. The van der Waals surface area contributed by atoms with Gasteiger partial charge < -0.3 is 10.2 Å². The molecule has 0 aromatic heterocycles. The number of hydrogen-bond acceptors (Lipinski definition) is 2. The van der Waals surface area contributed by atoms with Crippen molar-refractivity contribution in [3.8, 4) is 0 Å². The van der Waals surface area contributed by atoms with E-state index >= 15 is 0 Å². The molecule has 0 spiro atoms. The summed E-state index contributed by atoms with van der Waals surface area (Å²) in [5.74, 6) is -2.14. The van der Waals surface area contributed by atoms with Crippen molar-refractivity contribution in [2.24, 2.45) is 0 Å². The van der Waals surface area contributed by atoms with Gasteiger partial charge in [0.05, 0.1) is 11.1 Å². The lowest BCUT2D eigenvalue weighted by Gasteiger charge is -2.29. The van der Waals surface area contributed by atoms with E-state index in [4.69, 9.17) is 0 Å². The van der Waals surface area contributed by atoms with Gasteiger partial charge in [-0.1, -0.05) is 42.5 Å². The maximum Gasteiger partial charge on any atom is 0.417 e. The van der Waals surface area contributed by atoms with Crippen molar-refractivity contribution in [1.29, 1.82) is 0 Å². The standard InChI is InChI=1S/C16H10F6O3/c17-15(18,19)11-8-4-7-10(12(11)16(20,21)22)14(25,13(23)24)9-5-2-1-3-6-9/h1-8,25H,(H,23,24). The van der Waals surface area contributed by atoms with E-state index in [-0.39, 0.29) is 6.07 Å². The second kappa shape index (κ2) is 6.07. The smallest absolute Gasteiger partial charge is 0.417 e. The van der Waals surface area contributed by atoms with Crippen molar-refractivity contribution in [2.45, 2.75) is 18.0 Å². The minimum atomic E-state index is -5.54. The first-order valence-corrected chi connectivity index (χ1v) is 6.69. The van der Waals surface area contributed by atoms with Crippen LogP contribution in [0.1, 0.15) is 22.3 Å². The van der Waals surface area contributed by atoms with Gasteiger partial charge in [-0.3, -0.25) is 0 Å². The Morgan fingerprint density at radius 1 is 0.760 bits per heavy atom. The molecule has 0 fully saturated rings. The molecule has 0 aliphatic carbocycles. The number of carboxylic acids is 1. The molecule has 0 aliphatic heterocycles. The zero-order valence-corrected chi connectivity index (χ0v) is 12.2. The molecule has 0 heterocycles. The minimum Gasteiger partial charge on any atom is -0.479 e. The minimum absolute atomic E-state index is 0.180. The number of halogens is 6. The van der Waals surface area contributed by atoms with E-state index in [9.17, 15) is 41.4 Å². The van der Waals surface area contributed by atoms with Gasteiger partial charge in [0.15, 0.2) is 0 Å². The van der Waals surface area contributed by atoms with Crippen LogP contribution in [0.3, 0.4) is 0 Å². The van der Waals surface area contributed by atoms with Gasteiger partial charge in [-0.05, 0) is 11.6 Å². The number of aliphatic carboxylic acids is 1. The molecular formula is C16H10F6O3. The fraction of sp³-hybridized carbons (Fsp3) is 0.188. The second-order valence-corrected chi connectivity index (χ2v) is 5.11. The normalized spacial score (nSPS) is 14.8. The zero-order valence-electron chi connectivity index (χ0n) is 12.2. The fourth-order valence-corrected chi connectivity index (χ4v) is 2.47. The Kier molecular flexibility index (Phi) is 4.56. The topological polar surface area (TPSA) is 57.5 Å². The quantitative estimate of drug-likeness (QED) is 0.808. The van der Waals surface area contributed by atoms with Gasteiger partial charge in [0, 0.05) is 5.56 Å². The molecule has 3 nitrogen and oxygen atoms in total. The summed E-state index contributed by atoms with van der Waals surface area (Å²) >= 11 is 0. The summed E-state index contributed by atoms with van der Waals surface area (Å²) in [6.45, 7) is 0. The van der Waals surface area contributed by atoms with E-state index < -0.39 is 46.2 Å². The van der Waals surface area contributed by atoms with Gasteiger partial charge in [0.2, 0.25) is 5.60 Å². The third-order valence-electron chi connectivity index (χ3n) is 3.54. The highest BCUT2D eigenvalue weighted by Gasteiger charge is 2.51. The predicted molar refractivity (Wildman–Crippen MR) is 73.5 cm³/mol. The van der Waals surface area contributed by atoms with Crippen LogP contribution >= 0.6 is 0 Å². The van der Waals surface area contributed by atoms with Crippen molar-refractivity contribution in [1.82, 2.24) is 0 Å². The molecule has 9 heteroatoms. The van der Waals surface area contributed by atoms with Crippen LogP contribution in [0.4, 0.5) is 26.3 Å². The summed E-state index contributed by atoms with van der Waals surface area (Å²) in [5.41, 5.74) is -9.54. The van der Waals surface area contributed by atoms with Gasteiger partial charge >= 0.3 is 18.3 Å². The Morgan fingerprint density at radius 2 is 1.28 bits per heavy atom. The number of carbonyl (C=O) groups is 1. The molecule has 2 N–H and O–H groups in total. The molecule has 25 heavy (non-hydrogen) atoms. The van der Waals surface area contributed by atoms with E-state index in [0.29, 0.717) is 12.1 Å². The number of rotatable bonds is 3. The molecule has 0 saturated heterocycles. The average molecular weight is 364 g/mol. The SMILES string of the molecule is O=C(O)C(O)(c1ccccc1)c1cccc(C(F)(F)F)c1C(F)(F)F. The Labute approximate surface area is 137 Å². The lowest BCUT2D eigenvalue weighted by Crippen LogP contribution is -2.39. The lowest BCUT2D eigenvalue weighted by molar-refractivity contribution is -0.166. The van der Waals surface area contributed by atoms with Crippen LogP contribution in [0, 0.1) is 0 Å². The summed E-state index contributed by atoms with van der Waals surface area (Å²) < 4.78 is 79.1. The fourth-order valence-electron chi connectivity index (χ4n) is 2.47. The van der Waals surface area contributed by atoms with Crippen molar-refractivity contribution < 1.29 is 41.4 Å². The first kappa shape index (κ1) is 18.8. The van der Waals surface area contributed by atoms with Crippen molar-refractivity contribution >= 4 is 5.97 Å². The third kappa shape index (κ3) is 3.32. The van der Waals surface area contributed by atoms with Gasteiger partial charge in [-0.25, -0.2) is 4.79 Å². The lowest BCUT2D eigenvalue weighted by atomic mass is 9.82. The second-order valence-electron chi connectivity index (χ2n) is 5.11. The van der Waals surface area contributed by atoms with Gasteiger partial charge in [0.25, 0.3) is 0 Å². The van der Waals surface area contributed by atoms with Crippen LogP contribution < -0.4 is 0 Å². The number of benzene rings is 2. The Bertz CT molecular complexity index is 783. The molecule has 0 saturated carbocycles. The molecule has 134 valence electrons. The highest BCUT2D eigenvalue weighted by atomic mass is 19.4. The van der Waals surface area contributed by atoms with Crippen molar-refractivity contribution in [2.75, 3.05) is 0 Å². The van der Waals surface area contributed by atoms with Gasteiger partial charge in [0.1, 0.15) is 0 Å². The van der Waals surface area contributed by atoms with E-state index in [2.05, 4.69) is 0 Å². The molecule has 0 amide bonds. The molecular weight excluding hydrogens is 354 g/mol. The predicted octanol–water partition coefficient (Wildman–Crippen LogP) is 4.04. The number of carboxylic acid groups (broad SMARTS) is 1. The van der Waals surface area contributed by atoms with E-state index in [1.165, 1.54) is 18.2 Å². The Hall–Kier alpha value is -2.55. The number of alkyl halides is 6. The molecule has 2 rings (SSSR count). The summed E-state index contributed by atoms with van der Waals surface area (Å²) in [4.78, 5) is 11.6. The summed E-state index contributed by atoms with van der Waals surface area (Å²) in [6, 6.07) is 7.21. The van der Waals surface area contributed by atoms with Gasteiger partial charge in [-0.15, -0.1) is 0 Å². The molecule has 0 bridgehead atoms. The summed E-state index contributed by atoms with van der Waals surface area (Å²) in [7, 11) is 0. The average Bonchev–Trinajstić information content (AvgIpc) is 2.52. The Balaban J connectivity index is 2.92. The maximum absolute atomic E-state index is 13.3. The first-order chi connectivity index (χ1) is 11.4. The maximum atomic E-state index is 13.3. The number of hydrogen-bond donors (Lipinski definition) is 2. The van der Waals surface area contributed by atoms with E-state index in [1.54, 1.807) is 0 Å². The molecule has 0 aliphatic rings. The van der Waals surface area contributed by atoms with Gasteiger partial charge in [-0.2, -0.15) is 26.3 Å². The van der Waals surface area contributed by atoms with Crippen LogP contribution in [0.5, 0.6) is 0 Å². The highest BCUT2D eigenvalue weighted by Crippen LogP contribution is 2.46. The van der Waals surface area contributed by atoms with Crippen LogP contribution in [0.2, 0.25) is 0 Å². The highest BCUT2D eigenvalue weighted by molar-refractivity contribution is 5.84. The van der Waals surface area contributed by atoms with Crippen LogP contribution in [0.25, 0.3) is 0 Å². The zero-order chi connectivity index (χ0) is 19.0. The van der Waals surface area contributed by atoms with Crippen molar-refractivity contribution in [3.63, 3.8) is 0 Å². The van der Waals surface area contributed by atoms with Crippen LogP contribution in [0.15, 0.2) is 48.5 Å². The number of aliphatic hydroxyl groups is 1. The summed E-state index contributed by atoms with van der Waals surface area (Å²) in [6.07, 6.45) is -10.9. The third-order valence-corrected chi connectivity index (χ3v) is 3.54. The Morgan fingerprint density at radius 3 is 1.72 bits per heavy atom. The molecule has 2 aromatic rings. The molecule has 0 radical (unpaired) electrons. The monoisotopic (exact) mass is 364 g/mol. The van der Waals surface area contributed by atoms with Crippen LogP contribution in [-0.2, 0) is 22.7 Å². The molecule has 2 aromatic carbocycles.